The molecule has 1 heterocycles. The van der Waals surface area contributed by atoms with Gasteiger partial charge in [-0.3, -0.25) is 0 Å². The number of nitrogens with zero attached hydrogens (tertiary/aromatic N) is 3. The molecule has 0 aromatic heterocycles. The van der Waals surface area contributed by atoms with Crippen molar-refractivity contribution >= 4 is 33.1 Å². The molecule has 3 rings (SSSR count). The summed E-state index contributed by atoms with van der Waals surface area (Å²) in [6, 6.07) is 8.40. The standard InChI is InChI=1S/C18H16BrF4N3/c1-2-25-10-24-18(17-14(21)4-3-5-15(17)25)26(9-16(22)23)13-7-11(19)6-12(20)8-13/h3-8,16H,2,9-10H2,1H3. The lowest BCUT2D eigenvalue weighted by molar-refractivity contribution is 0.158. The summed E-state index contributed by atoms with van der Waals surface area (Å²) in [5.74, 6) is -1.08. The minimum Gasteiger partial charge on any atom is -0.352 e. The van der Waals surface area contributed by atoms with Gasteiger partial charge in [0.05, 0.1) is 17.8 Å². The van der Waals surface area contributed by atoms with Crippen LogP contribution in [-0.4, -0.2) is 32.0 Å². The Hall–Kier alpha value is -2.09. The maximum absolute atomic E-state index is 14.6. The molecule has 2 aromatic rings. The second-order valence-electron chi connectivity index (χ2n) is 5.74. The van der Waals surface area contributed by atoms with Crippen molar-refractivity contribution in [1.82, 2.24) is 0 Å². The Balaban J connectivity index is 2.15. The number of aliphatic imine (C=N–C) groups is 1. The highest BCUT2D eigenvalue weighted by atomic mass is 79.9. The van der Waals surface area contributed by atoms with E-state index in [-0.39, 0.29) is 23.8 Å². The molecule has 138 valence electrons. The van der Waals surface area contributed by atoms with Crippen LogP contribution in [0.15, 0.2) is 45.9 Å². The summed E-state index contributed by atoms with van der Waals surface area (Å²) in [6.45, 7) is 1.97. The zero-order chi connectivity index (χ0) is 18.8. The summed E-state index contributed by atoms with van der Waals surface area (Å²) in [6.07, 6.45) is -2.71. The monoisotopic (exact) mass is 429 g/mol. The van der Waals surface area contributed by atoms with Crippen LogP contribution in [0.2, 0.25) is 0 Å². The van der Waals surface area contributed by atoms with Gasteiger partial charge in [-0.05, 0) is 37.3 Å². The number of fused-ring (bicyclic) bond motifs is 1. The van der Waals surface area contributed by atoms with Gasteiger partial charge in [-0.1, -0.05) is 22.0 Å². The summed E-state index contributed by atoms with van der Waals surface area (Å²) >= 11 is 3.16. The summed E-state index contributed by atoms with van der Waals surface area (Å²) in [5, 5.41) is 0. The van der Waals surface area contributed by atoms with Crippen LogP contribution in [0.5, 0.6) is 0 Å². The minimum atomic E-state index is -2.71. The highest BCUT2D eigenvalue weighted by molar-refractivity contribution is 9.10. The Labute approximate surface area is 157 Å². The number of benzene rings is 2. The fourth-order valence-electron chi connectivity index (χ4n) is 2.94. The van der Waals surface area contributed by atoms with E-state index >= 15 is 0 Å². The topological polar surface area (TPSA) is 18.8 Å². The Kier molecular flexibility index (Phi) is 5.50. The zero-order valence-electron chi connectivity index (χ0n) is 13.9. The lowest BCUT2D eigenvalue weighted by Crippen LogP contribution is -2.41. The van der Waals surface area contributed by atoms with Crippen LogP contribution in [0, 0.1) is 11.6 Å². The number of anilines is 2. The molecule has 26 heavy (non-hydrogen) atoms. The summed E-state index contributed by atoms with van der Waals surface area (Å²) in [7, 11) is 0. The van der Waals surface area contributed by atoms with Crippen molar-refractivity contribution in [1.29, 1.82) is 0 Å². The van der Waals surface area contributed by atoms with Crippen molar-refractivity contribution in [3.05, 3.63) is 58.1 Å². The third kappa shape index (κ3) is 3.70. The third-order valence-corrected chi connectivity index (χ3v) is 4.52. The van der Waals surface area contributed by atoms with Crippen molar-refractivity contribution < 1.29 is 17.6 Å². The predicted molar refractivity (Wildman–Crippen MR) is 98.3 cm³/mol. The first-order valence-electron chi connectivity index (χ1n) is 8.00. The molecule has 0 unspecified atom stereocenters. The van der Waals surface area contributed by atoms with Crippen LogP contribution in [0.1, 0.15) is 12.5 Å². The Morgan fingerprint density at radius 1 is 1.23 bits per heavy atom. The number of rotatable bonds is 4. The van der Waals surface area contributed by atoms with Gasteiger partial charge < -0.3 is 9.80 Å². The van der Waals surface area contributed by atoms with Gasteiger partial charge >= 0.3 is 0 Å². The highest BCUT2D eigenvalue weighted by Gasteiger charge is 2.29. The molecule has 0 saturated carbocycles. The fourth-order valence-corrected chi connectivity index (χ4v) is 3.40. The molecule has 0 N–H and O–H groups in total. The normalized spacial score (nSPS) is 13.7. The van der Waals surface area contributed by atoms with Crippen LogP contribution in [0.3, 0.4) is 0 Å². The quantitative estimate of drug-likeness (QED) is 0.633. The lowest BCUT2D eigenvalue weighted by atomic mass is 10.1. The SMILES string of the molecule is CCN1CN=C(N(CC(F)F)c2cc(F)cc(Br)c2)c2c(F)cccc21. The average molecular weight is 430 g/mol. The first kappa shape index (κ1) is 18.7. The molecule has 0 saturated heterocycles. The van der Waals surface area contributed by atoms with Crippen molar-refractivity contribution in [2.45, 2.75) is 13.3 Å². The summed E-state index contributed by atoms with van der Waals surface area (Å²) < 4.78 is 55.3. The largest absolute Gasteiger partial charge is 0.352 e. The van der Waals surface area contributed by atoms with E-state index in [1.54, 1.807) is 12.1 Å². The van der Waals surface area contributed by atoms with E-state index in [0.717, 1.165) is 11.0 Å². The number of amidine groups is 1. The van der Waals surface area contributed by atoms with Gasteiger partial charge in [0.25, 0.3) is 6.43 Å². The van der Waals surface area contributed by atoms with Gasteiger partial charge in [0.15, 0.2) is 0 Å². The molecule has 0 aliphatic carbocycles. The van der Waals surface area contributed by atoms with Gasteiger partial charge in [0.2, 0.25) is 0 Å². The van der Waals surface area contributed by atoms with Gasteiger partial charge in [-0.15, -0.1) is 0 Å². The van der Waals surface area contributed by atoms with Crippen LogP contribution < -0.4 is 9.80 Å². The average Bonchev–Trinajstić information content (AvgIpc) is 2.58. The van der Waals surface area contributed by atoms with Gasteiger partial charge in [0, 0.05) is 16.7 Å². The third-order valence-electron chi connectivity index (χ3n) is 4.06. The number of hydrogen-bond donors (Lipinski definition) is 0. The molecule has 3 nitrogen and oxygen atoms in total. The number of hydrogen-bond acceptors (Lipinski definition) is 3. The smallest absolute Gasteiger partial charge is 0.256 e. The van der Waals surface area contributed by atoms with E-state index in [4.69, 9.17) is 0 Å². The maximum atomic E-state index is 14.6. The Bertz CT molecular complexity index is 821. The highest BCUT2D eigenvalue weighted by Crippen LogP contribution is 2.32. The molecular formula is C18H16BrF4N3. The zero-order valence-corrected chi connectivity index (χ0v) is 15.5. The van der Waals surface area contributed by atoms with E-state index in [1.165, 1.54) is 18.2 Å². The number of alkyl halides is 2. The van der Waals surface area contributed by atoms with Crippen LogP contribution in [0.25, 0.3) is 0 Å². The fraction of sp³-hybridized carbons (Fsp3) is 0.278. The van der Waals surface area contributed by atoms with Crippen LogP contribution in [-0.2, 0) is 0 Å². The van der Waals surface area contributed by atoms with Crippen molar-refractivity contribution in [2.24, 2.45) is 4.99 Å². The van der Waals surface area contributed by atoms with Crippen molar-refractivity contribution in [3.8, 4) is 0 Å². The van der Waals surface area contributed by atoms with E-state index < -0.39 is 24.6 Å². The Morgan fingerprint density at radius 2 is 2.00 bits per heavy atom. The second kappa shape index (κ2) is 7.65. The molecule has 0 bridgehead atoms. The van der Waals surface area contributed by atoms with Crippen LogP contribution >= 0.6 is 15.9 Å². The minimum absolute atomic E-state index is 0.0700. The second-order valence-corrected chi connectivity index (χ2v) is 6.66. The first-order valence-corrected chi connectivity index (χ1v) is 8.80. The summed E-state index contributed by atoms with van der Waals surface area (Å²) in [4.78, 5) is 7.33. The van der Waals surface area contributed by atoms with Crippen molar-refractivity contribution in [2.75, 3.05) is 29.6 Å². The number of halogens is 5. The first-order chi connectivity index (χ1) is 12.4. The molecule has 1 aliphatic rings. The molecule has 0 fully saturated rings. The lowest BCUT2D eigenvalue weighted by Gasteiger charge is -2.34. The van der Waals surface area contributed by atoms with Gasteiger partial charge in [-0.25, -0.2) is 22.6 Å². The summed E-state index contributed by atoms with van der Waals surface area (Å²) in [5.41, 5.74) is 0.893. The maximum Gasteiger partial charge on any atom is 0.256 e. The molecule has 8 heteroatoms. The molecule has 2 aromatic carbocycles. The Morgan fingerprint density at radius 3 is 2.65 bits per heavy atom. The van der Waals surface area contributed by atoms with E-state index in [2.05, 4.69) is 20.9 Å². The van der Waals surface area contributed by atoms with E-state index in [0.29, 0.717) is 16.7 Å². The van der Waals surface area contributed by atoms with E-state index in [9.17, 15) is 17.6 Å². The molecule has 0 amide bonds. The molecule has 0 spiro atoms. The predicted octanol–water partition coefficient (Wildman–Crippen LogP) is 5.04. The van der Waals surface area contributed by atoms with Gasteiger partial charge in [-0.2, -0.15) is 0 Å². The van der Waals surface area contributed by atoms with Crippen LogP contribution in [0.4, 0.5) is 28.9 Å². The van der Waals surface area contributed by atoms with Gasteiger partial charge in [0.1, 0.15) is 24.1 Å². The molecular weight excluding hydrogens is 414 g/mol. The van der Waals surface area contributed by atoms with Crippen molar-refractivity contribution in [3.63, 3.8) is 0 Å². The molecule has 0 atom stereocenters. The molecule has 1 aliphatic heterocycles. The molecule has 0 radical (unpaired) electrons. The van der Waals surface area contributed by atoms with E-state index in [1.807, 2.05) is 11.8 Å².